The van der Waals surface area contributed by atoms with Crippen molar-refractivity contribution in [3.63, 3.8) is 0 Å². The summed E-state index contributed by atoms with van der Waals surface area (Å²) in [7, 11) is 1.51. The van der Waals surface area contributed by atoms with Crippen LogP contribution in [-0.4, -0.2) is 30.7 Å². The van der Waals surface area contributed by atoms with Crippen molar-refractivity contribution in [3.05, 3.63) is 57.6 Å². The first-order chi connectivity index (χ1) is 12.8. The van der Waals surface area contributed by atoms with Gasteiger partial charge in [0, 0.05) is 10.0 Å². The van der Waals surface area contributed by atoms with Crippen molar-refractivity contribution >= 4 is 27.8 Å². The van der Waals surface area contributed by atoms with Crippen LogP contribution in [0.1, 0.15) is 40.9 Å². The molecule has 2 rings (SSSR count). The van der Waals surface area contributed by atoms with Gasteiger partial charge in [0.25, 0.3) is 5.91 Å². The van der Waals surface area contributed by atoms with Crippen LogP contribution in [0.15, 0.2) is 40.9 Å². The van der Waals surface area contributed by atoms with Crippen molar-refractivity contribution in [2.45, 2.75) is 26.3 Å². The summed E-state index contributed by atoms with van der Waals surface area (Å²) in [5.74, 6) is -0.322. The van der Waals surface area contributed by atoms with Crippen LogP contribution < -0.4 is 14.8 Å². The van der Waals surface area contributed by atoms with Crippen LogP contribution in [0.2, 0.25) is 0 Å². The molecule has 7 heteroatoms. The fourth-order valence-electron chi connectivity index (χ4n) is 2.58. The van der Waals surface area contributed by atoms with Crippen molar-refractivity contribution in [3.8, 4) is 11.5 Å². The standard InChI is InChI=1S/C20H22BrNO5/c1-4-27-17-8-7-13(10-18(17)26-3)16(11-19(23)24)22-20(25)14-6-5-12(2)15(21)9-14/h5-10,16H,4,11H2,1-3H3,(H,22,25)(H,23,24). The number of amides is 1. The third-order valence-electron chi connectivity index (χ3n) is 4.01. The lowest BCUT2D eigenvalue weighted by Gasteiger charge is -2.19. The van der Waals surface area contributed by atoms with Gasteiger partial charge in [0.1, 0.15) is 0 Å². The van der Waals surface area contributed by atoms with E-state index in [9.17, 15) is 14.7 Å². The highest BCUT2D eigenvalue weighted by atomic mass is 79.9. The maximum atomic E-state index is 12.6. The molecule has 6 nitrogen and oxygen atoms in total. The number of hydrogen-bond acceptors (Lipinski definition) is 4. The number of benzene rings is 2. The zero-order valence-electron chi connectivity index (χ0n) is 15.4. The first kappa shape index (κ1) is 20.8. The van der Waals surface area contributed by atoms with E-state index in [1.807, 2.05) is 19.9 Å². The van der Waals surface area contributed by atoms with Gasteiger partial charge in [-0.2, -0.15) is 0 Å². The Labute approximate surface area is 166 Å². The molecule has 0 saturated carbocycles. The minimum Gasteiger partial charge on any atom is -0.493 e. The number of carbonyl (C=O) groups is 2. The van der Waals surface area contributed by atoms with Crippen LogP contribution in [0, 0.1) is 6.92 Å². The van der Waals surface area contributed by atoms with Gasteiger partial charge in [-0.05, 0) is 49.2 Å². The maximum Gasteiger partial charge on any atom is 0.305 e. The van der Waals surface area contributed by atoms with E-state index in [1.54, 1.807) is 30.3 Å². The zero-order valence-corrected chi connectivity index (χ0v) is 17.0. The number of aryl methyl sites for hydroxylation is 1. The molecular formula is C20H22BrNO5. The minimum atomic E-state index is -1.02. The summed E-state index contributed by atoms with van der Waals surface area (Å²) in [6.07, 6.45) is -0.254. The van der Waals surface area contributed by atoms with Gasteiger partial charge in [0.05, 0.1) is 26.2 Å². The number of ether oxygens (including phenoxy) is 2. The molecule has 1 amide bonds. The Balaban J connectivity index is 2.30. The Bertz CT molecular complexity index is 837. The SMILES string of the molecule is CCOc1ccc(C(CC(=O)O)NC(=O)c2ccc(C)c(Br)c2)cc1OC. The Morgan fingerprint density at radius 1 is 1.19 bits per heavy atom. The summed E-state index contributed by atoms with van der Waals surface area (Å²) in [4.78, 5) is 23.9. The number of methoxy groups -OCH3 is 1. The lowest BCUT2D eigenvalue weighted by Crippen LogP contribution is -2.30. The van der Waals surface area contributed by atoms with Crippen LogP contribution >= 0.6 is 15.9 Å². The van der Waals surface area contributed by atoms with Crippen molar-refractivity contribution in [2.24, 2.45) is 0 Å². The third-order valence-corrected chi connectivity index (χ3v) is 4.86. The Hall–Kier alpha value is -2.54. The molecule has 1 atom stereocenters. The molecule has 0 aromatic heterocycles. The molecule has 0 radical (unpaired) electrons. The monoisotopic (exact) mass is 435 g/mol. The Kier molecular flexibility index (Phi) is 7.24. The highest BCUT2D eigenvalue weighted by Gasteiger charge is 2.21. The van der Waals surface area contributed by atoms with Crippen LogP contribution in [0.5, 0.6) is 11.5 Å². The molecule has 0 heterocycles. The van der Waals surface area contributed by atoms with E-state index in [2.05, 4.69) is 21.2 Å². The van der Waals surface area contributed by atoms with Gasteiger partial charge in [-0.1, -0.05) is 28.1 Å². The number of rotatable bonds is 8. The molecule has 0 fully saturated rings. The van der Waals surface area contributed by atoms with Gasteiger partial charge < -0.3 is 19.9 Å². The van der Waals surface area contributed by atoms with E-state index in [4.69, 9.17) is 9.47 Å². The number of carboxylic acids is 1. The molecule has 1 unspecified atom stereocenters. The second-order valence-electron chi connectivity index (χ2n) is 5.93. The fourth-order valence-corrected chi connectivity index (χ4v) is 2.96. The van der Waals surface area contributed by atoms with Crippen LogP contribution in [-0.2, 0) is 4.79 Å². The van der Waals surface area contributed by atoms with Crippen LogP contribution in [0.4, 0.5) is 0 Å². The highest BCUT2D eigenvalue weighted by Crippen LogP contribution is 2.31. The smallest absolute Gasteiger partial charge is 0.305 e. The molecule has 0 aliphatic carbocycles. The second kappa shape index (κ2) is 9.41. The molecular weight excluding hydrogens is 414 g/mol. The van der Waals surface area contributed by atoms with E-state index < -0.39 is 12.0 Å². The van der Waals surface area contributed by atoms with E-state index in [-0.39, 0.29) is 12.3 Å². The highest BCUT2D eigenvalue weighted by molar-refractivity contribution is 9.10. The molecule has 0 aliphatic rings. The number of hydrogen-bond donors (Lipinski definition) is 2. The van der Waals surface area contributed by atoms with E-state index >= 15 is 0 Å². The first-order valence-corrected chi connectivity index (χ1v) is 9.24. The average molecular weight is 436 g/mol. The van der Waals surface area contributed by atoms with Gasteiger partial charge in [0.15, 0.2) is 11.5 Å². The van der Waals surface area contributed by atoms with Crippen molar-refractivity contribution in [1.29, 1.82) is 0 Å². The average Bonchev–Trinajstić information content (AvgIpc) is 2.63. The quantitative estimate of drug-likeness (QED) is 0.651. The molecule has 144 valence electrons. The van der Waals surface area contributed by atoms with Gasteiger partial charge in [-0.15, -0.1) is 0 Å². The number of carboxylic acid groups (broad SMARTS) is 1. The van der Waals surface area contributed by atoms with Crippen molar-refractivity contribution < 1.29 is 24.2 Å². The van der Waals surface area contributed by atoms with Gasteiger partial charge in [-0.3, -0.25) is 9.59 Å². The van der Waals surface area contributed by atoms with Gasteiger partial charge >= 0.3 is 5.97 Å². The topological polar surface area (TPSA) is 84.9 Å². The number of carbonyl (C=O) groups excluding carboxylic acids is 1. The number of nitrogens with one attached hydrogen (secondary N) is 1. The van der Waals surface area contributed by atoms with Crippen LogP contribution in [0.25, 0.3) is 0 Å². The molecule has 0 bridgehead atoms. The predicted molar refractivity (Wildman–Crippen MR) is 106 cm³/mol. The molecule has 2 aromatic rings. The van der Waals surface area contributed by atoms with Gasteiger partial charge in [0.2, 0.25) is 0 Å². The number of aliphatic carboxylic acids is 1. The third kappa shape index (κ3) is 5.47. The Morgan fingerprint density at radius 3 is 2.52 bits per heavy atom. The van der Waals surface area contributed by atoms with Crippen LogP contribution in [0.3, 0.4) is 0 Å². The first-order valence-electron chi connectivity index (χ1n) is 8.45. The molecule has 0 spiro atoms. The second-order valence-corrected chi connectivity index (χ2v) is 6.79. The van der Waals surface area contributed by atoms with E-state index in [0.29, 0.717) is 29.2 Å². The summed E-state index contributed by atoms with van der Waals surface area (Å²) in [6.45, 7) is 4.26. The van der Waals surface area contributed by atoms with Crippen molar-refractivity contribution in [2.75, 3.05) is 13.7 Å². The molecule has 0 aliphatic heterocycles. The van der Waals surface area contributed by atoms with E-state index in [1.165, 1.54) is 7.11 Å². The van der Waals surface area contributed by atoms with Gasteiger partial charge in [-0.25, -0.2) is 0 Å². The van der Waals surface area contributed by atoms with Crippen molar-refractivity contribution in [1.82, 2.24) is 5.32 Å². The molecule has 2 aromatic carbocycles. The van der Waals surface area contributed by atoms with E-state index in [0.717, 1.165) is 10.0 Å². The summed E-state index contributed by atoms with van der Waals surface area (Å²) in [5, 5.41) is 12.1. The molecule has 2 N–H and O–H groups in total. The molecule has 27 heavy (non-hydrogen) atoms. The maximum absolute atomic E-state index is 12.6. The number of halogens is 1. The lowest BCUT2D eigenvalue weighted by atomic mass is 10.0. The predicted octanol–water partition coefficient (Wildman–Crippen LogP) is 4.11. The summed E-state index contributed by atoms with van der Waals surface area (Å²) in [6, 6.07) is 9.65. The largest absolute Gasteiger partial charge is 0.493 e. The molecule has 0 saturated heterocycles. The summed E-state index contributed by atoms with van der Waals surface area (Å²) < 4.78 is 11.6. The minimum absolute atomic E-state index is 0.254. The Morgan fingerprint density at radius 2 is 1.93 bits per heavy atom. The fraction of sp³-hybridized carbons (Fsp3) is 0.300. The lowest BCUT2D eigenvalue weighted by molar-refractivity contribution is -0.137. The summed E-state index contributed by atoms with van der Waals surface area (Å²) >= 11 is 3.40. The summed E-state index contributed by atoms with van der Waals surface area (Å²) in [5.41, 5.74) is 2.07. The zero-order chi connectivity index (χ0) is 20.0. The normalized spacial score (nSPS) is 11.6.